The van der Waals surface area contributed by atoms with Gasteiger partial charge in [-0.15, -0.1) is 0 Å². The number of aromatic nitrogens is 2. The van der Waals surface area contributed by atoms with E-state index in [1.165, 1.54) is 22.0 Å². The Hall–Kier alpha value is -4.87. The topological polar surface area (TPSA) is 137 Å². The Morgan fingerprint density at radius 2 is 1.76 bits per heavy atom. The molecule has 0 saturated carbocycles. The standard InChI is InChI=1S/C30H34N6O6/c1-19-6-4-7-21-8-5-9-24(26(19)21)36-11-10-22-23(17-36)32-29(41-3)33-27(22)34-12-14-35(15-13-34)28(39)20(2)18-42-30(40)31-16-25(37)38/h4-9H,2,10-18H2,1,3H3,(H,31,40)(H,37,38). The number of ether oxygens (including phenoxy) is 2. The van der Waals surface area contributed by atoms with Crippen LogP contribution in [-0.4, -0.2) is 90.9 Å². The van der Waals surface area contributed by atoms with Crippen molar-refractivity contribution >= 4 is 40.2 Å². The largest absolute Gasteiger partial charge is 0.480 e. The van der Waals surface area contributed by atoms with Gasteiger partial charge in [-0.05, 0) is 30.4 Å². The second-order valence-corrected chi connectivity index (χ2v) is 10.3. The molecule has 0 aliphatic carbocycles. The fourth-order valence-corrected chi connectivity index (χ4v) is 5.47. The summed E-state index contributed by atoms with van der Waals surface area (Å²) in [5.74, 6) is -0.682. The number of nitrogens with one attached hydrogen (secondary N) is 1. The number of anilines is 2. The maximum Gasteiger partial charge on any atom is 0.407 e. The van der Waals surface area contributed by atoms with Crippen molar-refractivity contribution < 1.29 is 29.0 Å². The van der Waals surface area contributed by atoms with Gasteiger partial charge in [-0.2, -0.15) is 9.97 Å². The van der Waals surface area contributed by atoms with Crippen molar-refractivity contribution in [2.24, 2.45) is 0 Å². The summed E-state index contributed by atoms with van der Waals surface area (Å²) >= 11 is 0. The number of carboxylic acid groups (broad SMARTS) is 1. The van der Waals surface area contributed by atoms with Crippen molar-refractivity contribution in [3.8, 4) is 6.01 Å². The quantitative estimate of drug-likeness (QED) is 0.386. The molecule has 220 valence electrons. The van der Waals surface area contributed by atoms with E-state index in [4.69, 9.17) is 24.5 Å². The van der Waals surface area contributed by atoms with E-state index in [-0.39, 0.29) is 18.1 Å². The number of aliphatic carboxylic acids is 1. The molecule has 12 nitrogen and oxygen atoms in total. The number of aryl methyl sites for hydroxylation is 1. The molecule has 2 amide bonds. The first-order valence-corrected chi connectivity index (χ1v) is 13.8. The van der Waals surface area contributed by atoms with Gasteiger partial charge < -0.3 is 34.6 Å². The third-order valence-corrected chi connectivity index (χ3v) is 7.57. The number of rotatable bonds is 8. The van der Waals surface area contributed by atoms with Crippen molar-refractivity contribution in [3.05, 3.63) is 65.4 Å². The van der Waals surface area contributed by atoms with Crippen LogP contribution < -0.4 is 19.9 Å². The zero-order valence-electron chi connectivity index (χ0n) is 23.8. The van der Waals surface area contributed by atoms with Crippen LogP contribution in [0.15, 0.2) is 48.6 Å². The molecule has 5 rings (SSSR count). The molecule has 1 fully saturated rings. The number of hydrogen-bond donors (Lipinski definition) is 2. The summed E-state index contributed by atoms with van der Waals surface area (Å²) in [5.41, 5.74) is 4.55. The smallest absolute Gasteiger partial charge is 0.407 e. The Labute approximate surface area is 243 Å². The van der Waals surface area contributed by atoms with Gasteiger partial charge in [0.05, 0.1) is 19.3 Å². The minimum Gasteiger partial charge on any atom is -0.480 e. The first-order valence-electron chi connectivity index (χ1n) is 13.8. The van der Waals surface area contributed by atoms with Crippen LogP contribution in [0.3, 0.4) is 0 Å². The molecular weight excluding hydrogens is 540 g/mol. The Kier molecular flexibility index (Phi) is 8.41. The zero-order valence-corrected chi connectivity index (χ0v) is 23.8. The number of carbonyl (C=O) groups is 3. The first kappa shape index (κ1) is 28.7. The van der Waals surface area contributed by atoms with Crippen LogP contribution in [0.5, 0.6) is 6.01 Å². The van der Waals surface area contributed by atoms with E-state index in [9.17, 15) is 14.4 Å². The summed E-state index contributed by atoms with van der Waals surface area (Å²) in [6, 6.07) is 13.1. The Morgan fingerprint density at radius 3 is 2.48 bits per heavy atom. The second-order valence-electron chi connectivity index (χ2n) is 10.3. The number of fused-ring (bicyclic) bond motifs is 2. The summed E-state index contributed by atoms with van der Waals surface area (Å²) in [5, 5.41) is 13.2. The Balaban J connectivity index is 1.26. The normalized spacial score (nSPS) is 14.8. The second kappa shape index (κ2) is 12.3. The number of nitrogens with zero attached hydrogens (tertiary/aromatic N) is 5. The lowest BCUT2D eigenvalue weighted by Crippen LogP contribution is -2.50. The lowest BCUT2D eigenvalue weighted by molar-refractivity contribution is -0.136. The van der Waals surface area contributed by atoms with E-state index in [0.29, 0.717) is 38.7 Å². The molecule has 42 heavy (non-hydrogen) atoms. The van der Waals surface area contributed by atoms with E-state index >= 15 is 0 Å². The van der Waals surface area contributed by atoms with E-state index in [2.05, 4.69) is 65.0 Å². The first-order chi connectivity index (χ1) is 20.2. The summed E-state index contributed by atoms with van der Waals surface area (Å²) in [6.45, 7) is 8.42. The Bertz CT molecular complexity index is 1530. The average molecular weight is 575 g/mol. The summed E-state index contributed by atoms with van der Waals surface area (Å²) in [4.78, 5) is 50.7. The third-order valence-electron chi connectivity index (χ3n) is 7.57. The van der Waals surface area contributed by atoms with Crippen LogP contribution in [0.4, 0.5) is 16.3 Å². The lowest BCUT2D eigenvalue weighted by atomic mass is 9.99. The number of methoxy groups -OCH3 is 1. The maximum absolute atomic E-state index is 12.9. The molecule has 1 aromatic heterocycles. The minimum atomic E-state index is -1.19. The molecule has 2 aliphatic heterocycles. The molecule has 2 aliphatic rings. The van der Waals surface area contributed by atoms with Crippen LogP contribution in [0.2, 0.25) is 0 Å². The fraction of sp³-hybridized carbons (Fsp3) is 0.367. The van der Waals surface area contributed by atoms with Crippen molar-refractivity contribution in [2.45, 2.75) is 19.9 Å². The van der Waals surface area contributed by atoms with Crippen LogP contribution in [0, 0.1) is 6.92 Å². The molecule has 0 unspecified atom stereocenters. The highest BCUT2D eigenvalue weighted by atomic mass is 16.5. The molecule has 3 aromatic rings. The number of hydrogen-bond acceptors (Lipinski definition) is 9. The summed E-state index contributed by atoms with van der Waals surface area (Å²) in [6.07, 6.45) is -0.151. The van der Waals surface area contributed by atoms with Crippen molar-refractivity contribution in [1.29, 1.82) is 0 Å². The van der Waals surface area contributed by atoms with E-state index in [0.717, 1.165) is 30.0 Å². The fourth-order valence-electron chi connectivity index (χ4n) is 5.47. The molecule has 3 heterocycles. The van der Waals surface area contributed by atoms with E-state index < -0.39 is 18.6 Å². The molecule has 0 bridgehead atoms. The number of benzene rings is 2. The zero-order chi connectivity index (χ0) is 29.8. The van der Waals surface area contributed by atoms with Crippen molar-refractivity contribution in [2.75, 3.05) is 62.8 Å². The highest BCUT2D eigenvalue weighted by Crippen LogP contribution is 2.35. The summed E-state index contributed by atoms with van der Waals surface area (Å²) < 4.78 is 10.4. The molecule has 2 aromatic carbocycles. The number of piperazine rings is 1. The number of carboxylic acids is 1. The highest BCUT2D eigenvalue weighted by Gasteiger charge is 2.30. The number of carbonyl (C=O) groups excluding carboxylic acids is 2. The van der Waals surface area contributed by atoms with Gasteiger partial charge in [-0.3, -0.25) is 9.59 Å². The average Bonchev–Trinajstić information content (AvgIpc) is 3.01. The van der Waals surface area contributed by atoms with E-state index in [1.807, 2.05) is 0 Å². The van der Waals surface area contributed by atoms with Gasteiger partial charge >= 0.3 is 18.1 Å². The molecule has 1 saturated heterocycles. The van der Waals surface area contributed by atoms with Crippen LogP contribution in [-0.2, 0) is 27.3 Å². The van der Waals surface area contributed by atoms with Gasteiger partial charge in [-0.1, -0.05) is 36.9 Å². The lowest BCUT2D eigenvalue weighted by Gasteiger charge is -2.38. The SMILES string of the molecule is C=C(COC(=O)NCC(=O)O)C(=O)N1CCN(c2nc(OC)nc3c2CCN(c2cccc4cccc(C)c24)C3)CC1. The highest BCUT2D eigenvalue weighted by molar-refractivity contribution is 5.97. The number of alkyl carbamates (subject to hydrolysis) is 1. The maximum atomic E-state index is 12.9. The van der Waals surface area contributed by atoms with Crippen LogP contribution in [0.1, 0.15) is 16.8 Å². The van der Waals surface area contributed by atoms with Crippen LogP contribution in [0.25, 0.3) is 10.8 Å². The molecule has 0 atom stereocenters. The third kappa shape index (κ3) is 6.07. The van der Waals surface area contributed by atoms with Gasteiger partial charge in [0, 0.05) is 54.9 Å². The predicted octanol–water partition coefficient (Wildman–Crippen LogP) is 2.53. The molecular formula is C30H34N6O6. The summed E-state index contributed by atoms with van der Waals surface area (Å²) in [7, 11) is 1.56. The van der Waals surface area contributed by atoms with Crippen molar-refractivity contribution in [3.63, 3.8) is 0 Å². The monoisotopic (exact) mass is 574 g/mol. The molecule has 0 radical (unpaired) electrons. The molecule has 2 N–H and O–H groups in total. The predicted molar refractivity (Wildman–Crippen MR) is 157 cm³/mol. The van der Waals surface area contributed by atoms with Gasteiger partial charge in [0.1, 0.15) is 19.0 Å². The minimum absolute atomic E-state index is 0.110. The van der Waals surface area contributed by atoms with Gasteiger partial charge in [0.25, 0.3) is 5.91 Å². The van der Waals surface area contributed by atoms with E-state index in [1.54, 1.807) is 12.0 Å². The van der Waals surface area contributed by atoms with Crippen molar-refractivity contribution in [1.82, 2.24) is 20.2 Å². The molecule has 0 spiro atoms. The van der Waals surface area contributed by atoms with Gasteiger partial charge in [-0.25, -0.2) is 4.79 Å². The molecule has 12 heteroatoms. The van der Waals surface area contributed by atoms with Gasteiger partial charge in [0.2, 0.25) is 0 Å². The van der Waals surface area contributed by atoms with Crippen LogP contribution >= 0.6 is 0 Å². The Morgan fingerprint density at radius 1 is 1.02 bits per heavy atom. The van der Waals surface area contributed by atoms with Gasteiger partial charge in [0.15, 0.2) is 0 Å². The number of amides is 2.